The zero-order chi connectivity index (χ0) is 23.0. The van der Waals surface area contributed by atoms with Gasteiger partial charge in [0.25, 0.3) is 0 Å². The number of nitrogens with zero attached hydrogens (tertiary/aromatic N) is 4. The standard InChI is InChI=1S/C19H16ClFN6O2.C3H6/c1-19(2,3)18(29)14-16(21)15(20)13(9-4-24-26-17(9)14)10-6-27-7-11(23-8-28)25-12(27)5-22-10;1-2-3-1/h4-8H,1-3H3,(H,23,28)(H,24,26);1-3H2. The van der Waals surface area contributed by atoms with Gasteiger partial charge < -0.3 is 9.72 Å². The highest BCUT2D eigenvalue weighted by Crippen LogP contribution is 2.40. The Kier molecular flexibility index (Phi) is 5.68. The molecule has 0 atom stereocenters. The Morgan fingerprint density at radius 2 is 1.97 bits per heavy atom. The highest BCUT2D eigenvalue weighted by Gasteiger charge is 2.32. The molecule has 10 heteroatoms. The van der Waals surface area contributed by atoms with Gasteiger partial charge in [-0.05, 0) is 0 Å². The van der Waals surface area contributed by atoms with E-state index in [1.54, 1.807) is 37.6 Å². The molecule has 0 aliphatic heterocycles. The number of carbonyl (C=O) groups is 2. The Balaban J connectivity index is 0.000000754. The first-order valence-corrected chi connectivity index (χ1v) is 10.5. The first kappa shape index (κ1) is 21.9. The number of imidazole rings is 1. The van der Waals surface area contributed by atoms with E-state index in [0.29, 0.717) is 34.5 Å². The molecular formula is C22H22ClFN6O2. The van der Waals surface area contributed by atoms with E-state index >= 15 is 4.39 Å². The smallest absolute Gasteiger partial charge is 0.212 e. The number of aromatic amines is 1. The first-order chi connectivity index (χ1) is 15.2. The highest BCUT2D eigenvalue weighted by atomic mass is 35.5. The van der Waals surface area contributed by atoms with Crippen LogP contribution in [0.1, 0.15) is 50.4 Å². The van der Waals surface area contributed by atoms with E-state index in [0.717, 1.165) is 0 Å². The topological polar surface area (TPSA) is 105 Å². The summed E-state index contributed by atoms with van der Waals surface area (Å²) in [5.74, 6) is -0.870. The van der Waals surface area contributed by atoms with Gasteiger partial charge in [0.2, 0.25) is 6.41 Å². The van der Waals surface area contributed by atoms with Crippen molar-refractivity contribution >= 4 is 46.2 Å². The molecule has 5 rings (SSSR count). The maximum absolute atomic E-state index is 15.3. The Hall–Kier alpha value is -3.33. The number of aromatic nitrogens is 5. The predicted molar refractivity (Wildman–Crippen MR) is 120 cm³/mol. The number of hydrogen-bond donors (Lipinski definition) is 2. The van der Waals surface area contributed by atoms with Crippen LogP contribution in [0.2, 0.25) is 5.02 Å². The fraction of sp³-hybridized carbons (Fsp3) is 0.318. The lowest BCUT2D eigenvalue weighted by atomic mass is 9.85. The summed E-state index contributed by atoms with van der Waals surface area (Å²) in [4.78, 5) is 32.0. The third-order valence-electron chi connectivity index (χ3n) is 4.86. The molecule has 3 aromatic heterocycles. The molecule has 0 unspecified atom stereocenters. The molecule has 1 saturated carbocycles. The van der Waals surface area contributed by atoms with Crippen molar-refractivity contribution in [2.45, 2.75) is 40.0 Å². The fourth-order valence-electron chi connectivity index (χ4n) is 3.11. The SMILES string of the molecule is C1CC1.CC(C)(C)C(=O)c1c(F)c(Cl)c(-c2cn3cc(NC=O)nc3cn2)c2cn[nH]c12. The van der Waals surface area contributed by atoms with Gasteiger partial charge in [0.15, 0.2) is 23.1 Å². The second-order valence-corrected chi connectivity index (χ2v) is 8.98. The normalized spacial score (nSPS) is 13.0. The van der Waals surface area contributed by atoms with Crippen molar-refractivity contribution < 1.29 is 14.0 Å². The van der Waals surface area contributed by atoms with Crippen LogP contribution in [0.3, 0.4) is 0 Å². The summed E-state index contributed by atoms with van der Waals surface area (Å²) in [6.45, 7) is 5.12. The number of nitrogens with one attached hydrogen (secondary N) is 2. The quantitative estimate of drug-likeness (QED) is 0.331. The molecule has 2 N–H and O–H groups in total. The van der Waals surface area contributed by atoms with E-state index in [1.165, 1.54) is 31.7 Å². The number of Topliss-reactive ketones (excluding diaryl/α,β-unsaturated/α-hetero) is 1. The van der Waals surface area contributed by atoms with Crippen LogP contribution in [-0.4, -0.2) is 36.8 Å². The fourth-order valence-corrected chi connectivity index (χ4v) is 3.40. The van der Waals surface area contributed by atoms with Crippen molar-refractivity contribution in [2.24, 2.45) is 5.41 Å². The highest BCUT2D eigenvalue weighted by molar-refractivity contribution is 6.36. The number of benzene rings is 1. The van der Waals surface area contributed by atoms with E-state index in [-0.39, 0.29) is 21.9 Å². The second-order valence-electron chi connectivity index (χ2n) is 8.60. The van der Waals surface area contributed by atoms with Crippen LogP contribution in [0.15, 0.2) is 24.8 Å². The number of rotatable bonds is 4. The maximum Gasteiger partial charge on any atom is 0.212 e. The van der Waals surface area contributed by atoms with Crippen LogP contribution < -0.4 is 5.32 Å². The van der Waals surface area contributed by atoms with Gasteiger partial charge in [0.1, 0.15) is 0 Å². The number of ketones is 1. The Bertz CT molecular complexity index is 1330. The lowest BCUT2D eigenvalue weighted by Gasteiger charge is -2.19. The second kappa shape index (κ2) is 8.31. The van der Waals surface area contributed by atoms with Gasteiger partial charge in [0.05, 0.1) is 40.4 Å². The third kappa shape index (κ3) is 4.08. The van der Waals surface area contributed by atoms with E-state index in [4.69, 9.17) is 11.6 Å². The molecule has 0 radical (unpaired) electrons. The zero-order valence-electron chi connectivity index (χ0n) is 17.9. The number of amides is 1. The molecule has 0 spiro atoms. The number of carbonyl (C=O) groups excluding carboxylic acids is 2. The summed E-state index contributed by atoms with van der Waals surface area (Å²) in [7, 11) is 0. The van der Waals surface area contributed by atoms with Crippen LogP contribution in [0.25, 0.3) is 27.8 Å². The van der Waals surface area contributed by atoms with Crippen molar-refractivity contribution in [3.63, 3.8) is 0 Å². The van der Waals surface area contributed by atoms with Crippen molar-refractivity contribution in [1.29, 1.82) is 0 Å². The maximum atomic E-state index is 15.3. The van der Waals surface area contributed by atoms with Gasteiger partial charge >= 0.3 is 0 Å². The van der Waals surface area contributed by atoms with Crippen LogP contribution in [0.4, 0.5) is 10.2 Å². The van der Waals surface area contributed by atoms with Crippen LogP contribution in [0, 0.1) is 11.2 Å². The average Bonchev–Trinajstić information content (AvgIpc) is 3.46. The number of H-pyrrole nitrogens is 1. The lowest BCUT2D eigenvalue weighted by molar-refractivity contribution is -0.105. The summed E-state index contributed by atoms with van der Waals surface area (Å²) < 4.78 is 16.9. The molecule has 32 heavy (non-hydrogen) atoms. The number of hydrogen-bond acceptors (Lipinski definition) is 5. The van der Waals surface area contributed by atoms with Gasteiger partial charge in [-0.1, -0.05) is 51.6 Å². The molecule has 0 saturated heterocycles. The minimum atomic E-state index is -0.825. The predicted octanol–water partition coefficient (Wildman–Crippen LogP) is 5.03. The Morgan fingerprint density at radius 1 is 1.25 bits per heavy atom. The summed E-state index contributed by atoms with van der Waals surface area (Å²) in [6, 6.07) is 0. The summed E-state index contributed by atoms with van der Waals surface area (Å²) in [5.41, 5.74) is 0.478. The molecule has 8 nitrogen and oxygen atoms in total. The van der Waals surface area contributed by atoms with Crippen LogP contribution in [-0.2, 0) is 4.79 Å². The van der Waals surface area contributed by atoms with E-state index < -0.39 is 11.2 Å². The monoisotopic (exact) mass is 456 g/mol. The van der Waals surface area contributed by atoms with Crippen LogP contribution >= 0.6 is 11.6 Å². The van der Waals surface area contributed by atoms with Gasteiger partial charge in [-0.2, -0.15) is 5.10 Å². The van der Waals surface area contributed by atoms with Crippen molar-refractivity contribution in [3.8, 4) is 11.3 Å². The average molecular weight is 457 g/mol. The Labute approximate surface area is 188 Å². The summed E-state index contributed by atoms with van der Waals surface area (Å²) in [5, 5.41) is 9.41. The molecule has 3 heterocycles. The number of fused-ring (bicyclic) bond motifs is 2. The largest absolute Gasteiger partial charge is 0.312 e. The molecule has 1 aromatic carbocycles. The number of anilines is 1. The van der Waals surface area contributed by atoms with Gasteiger partial charge in [-0.25, -0.2) is 9.37 Å². The molecule has 4 aromatic rings. The van der Waals surface area contributed by atoms with Crippen molar-refractivity contribution in [1.82, 2.24) is 24.6 Å². The van der Waals surface area contributed by atoms with Crippen LogP contribution in [0.5, 0.6) is 0 Å². The molecule has 1 aliphatic carbocycles. The molecule has 0 bridgehead atoms. The van der Waals surface area contributed by atoms with Crippen molar-refractivity contribution in [2.75, 3.05) is 5.32 Å². The summed E-state index contributed by atoms with van der Waals surface area (Å²) in [6.07, 6.45) is 11.2. The molecule has 1 fully saturated rings. The van der Waals surface area contributed by atoms with E-state index in [9.17, 15) is 9.59 Å². The van der Waals surface area contributed by atoms with E-state index in [2.05, 4.69) is 25.5 Å². The van der Waals surface area contributed by atoms with Crippen molar-refractivity contribution in [3.05, 3.63) is 41.2 Å². The van der Waals surface area contributed by atoms with Gasteiger partial charge in [-0.15, -0.1) is 0 Å². The van der Waals surface area contributed by atoms with Gasteiger partial charge in [0, 0.05) is 22.6 Å². The van der Waals surface area contributed by atoms with E-state index in [1.807, 2.05) is 0 Å². The Morgan fingerprint density at radius 3 is 2.59 bits per heavy atom. The van der Waals surface area contributed by atoms with Gasteiger partial charge in [-0.3, -0.25) is 19.7 Å². The minimum Gasteiger partial charge on any atom is -0.312 e. The summed E-state index contributed by atoms with van der Waals surface area (Å²) >= 11 is 6.38. The minimum absolute atomic E-state index is 0.125. The number of halogens is 2. The molecule has 166 valence electrons. The zero-order valence-corrected chi connectivity index (χ0v) is 18.6. The molecule has 1 aliphatic rings. The molecular weight excluding hydrogens is 435 g/mol. The lowest BCUT2D eigenvalue weighted by Crippen LogP contribution is -2.22. The molecule has 1 amide bonds. The third-order valence-corrected chi connectivity index (χ3v) is 5.21. The first-order valence-electron chi connectivity index (χ1n) is 10.2.